The van der Waals surface area contributed by atoms with Gasteiger partial charge in [-0.25, -0.2) is 0 Å². The molecule has 3 N–H and O–H groups in total. The number of pyridine rings is 1. The Morgan fingerprint density at radius 1 is 1.14 bits per heavy atom. The molecule has 5 heteroatoms. The van der Waals surface area contributed by atoms with Crippen molar-refractivity contribution in [2.45, 2.75) is 12.5 Å². The number of methoxy groups -OCH3 is 1. The fraction of sp³-hybridized carbons (Fsp3) is 0.312. The SMILES string of the molecule is COCCOc1ccccc1C(Cc1ccncc1)NN. The minimum atomic E-state index is -0.0221. The molecule has 2 aromatic rings. The van der Waals surface area contributed by atoms with Gasteiger partial charge in [0.25, 0.3) is 0 Å². The van der Waals surface area contributed by atoms with Gasteiger partial charge in [0.2, 0.25) is 0 Å². The Labute approximate surface area is 125 Å². The normalized spacial score (nSPS) is 12.1. The zero-order chi connectivity index (χ0) is 14.9. The maximum Gasteiger partial charge on any atom is 0.124 e. The van der Waals surface area contributed by atoms with Gasteiger partial charge in [-0.15, -0.1) is 0 Å². The molecule has 1 aromatic heterocycles. The van der Waals surface area contributed by atoms with Crippen LogP contribution in [0.1, 0.15) is 17.2 Å². The van der Waals surface area contributed by atoms with E-state index in [9.17, 15) is 0 Å². The quantitative estimate of drug-likeness (QED) is 0.440. The molecule has 2 rings (SSSR count). The first-order valence-corrected chi connectivity index (χ1v) is 6.91. The summed E-state index contributed by atoms with van der Waals surface area (Å²) in [5.41, 5.74) is 5.07. The Hall–Kier alpha value is -1.95. The number of para-hydroxylation sites is 1. The topological polar surface area (TPSA) is 69.4 Å². The number of benzene rings is 1. The maximum absolute atomic E-state index is 5.77. The predicted octanol–water partition coefficient (Wildman–Crippen LogP) is 1.85. The summed E-state index contributed by atoms with van der Waals surface area (Å²) in [6.45, 7) is 1.07. The van der Waals surface area contributed by atoms with E-state index in [4.69, 9.17) is 15.3 Å². The van der Waals surface area contributed by atoms with Crippen LogP contribution in [0.4, 0.5) is 0 Å². The Kier molecular flexibility index (Phi) is 6.15. The highest BCUT2D eigenvalue weighted by Gasteiger charge is 2.15. The average Bonchev–Trinajstić information content (AvgIpc) is 2.54. The van der Waals surface area contributed by atoms with E-state index in [0.29, 0.717) is 13.2 Å². The van der Waals surface area contributed by atoms with Crippen molar-refractivity contribution in [2.24, 2.45) is 5.84 Å². The third-order valence-electron chi connectivity index (χ3n) is 3.23. The van der Waals surface area contributed by atoms with Crippen molar-refractivity contribution in [1.29, 1.82) is 0 Å². The zero-order valence-electron chi connectivity index (χ0n) is 12.2. The third kappa shape index (κ3) is 4.53. The molecular weight excluding hydrogens is 266 g/mol. The first-order valence-electron chi connectivity index (χ1n) is 6.91. The Bertz CT molecular complexity index is 534. The molecule has 0 fully saturated rings. The second-order valence-corrected chi connectivity index (χ2v) is 4.66. The molecule has 1 heterocycles. The Morgan fingerprint density at radius 2 is 1.90 bits per heavy atom. The molecular formula is C16H21N3O2. The molecule has 0 spiro atoms. The summed E-state index contributed by atoms with van der Waals surface area (Å²) in [6.07, 6.45) is 4.33. The smallest absolute Gasteiger partial charge is 0.124 e. The van der Waals surface area contributed by atoms with Crippen LogP contribution in [0.2, 0.25) is 0 Å². The molecule has 1 aromatic carbocycles. The van der Waals surface area contributed by atoms with Gasteiger partial charge in [0.05, 0.1) is 12.6 Å². The Morgan fingerprint density at radius 3 is 2.62 bits per heavy atom. The standard InChI is InChI=1S/C16H21N3O2/c1-20-10-11-21-16-5-3-2-4-14(16)15(19-17)12-13-6-8-18-9-7-13/h2-9,15,19H,10-12,17H2,1H3. The Balaban J connectivity index is 2.13. The van der Waals surface area contributed by atoms with E-state index in [-0.39, 0.29) is 6.04 Å². The highest BCUT2D eigenvalue weighted by atomic mass is 16.5. The molecule has 0 bridgehead atoms. The van der Waals surface area contributed by atoms with Gasteiger partial charge >= 0.3 is 0 Å². The minimum Gasteiger partial charge on any atom is -0.491 e. The summed E-state index contributed by atoms with van der Waals surface area (Å²) in [7, 11) is 1.66. The van der Waals surface area contributed by atoms with Gasteiger partial charge in [0.1, 0.15) is 12.4 Å². The predicted molar refractivity (Wildman–Crippen MR) is 81.8 cm³/mol. The molecule has 0 aliphatic rings. The van der Waals surface area contributed by atoms with Gasteiger partial charge in [-0.05, 0) is 30.2 Å². The second-order valence-electron chi connectivity index (χ2n) is 4.66. The van der Waals surface area contributed by atoms with Crippen LogP contribution in [0.5, 0.6) is 5.75 Å². The second kappa shape index (κ2) is 8.36. The number of nitrogens with one attached hydrogen (secondary N) is 1. The fourth-order valence-electron chi connectivity index (χ4n) is 2.15. The van der Waals surface area contributed by atoms with Gasteiger partial charge < -0.3 is 9.47 Å². The molecule has 0 radical (unpaired) electrons. The third-order valence-corrected chi connectivity index (χ3v) is 3.23. The number of hydrogen-bond acceptors (Lipinski definition) is 5. The molecule has 0 aliphatic carbocycles. The van der Waals surface area contributed by atoms with Crippen LogP contribution in [0, 0.1) is 0 Å². The summed E-state index contributed by atoms with van der Waals surface area (Å²) in [6, 6.07) is 11.8. The molecule has 0 amide bonds. The molecule has 112 valence electrons. The molecule has 21 heavy (non-hydrogen) atoms. The first-order chi connectivity index (χ1) is 10.3. The van der Waals surface area contributed by atoms with Gasteiger partial charge in [0.15, 0.2) is 0 Å². The summed E-state index contributed by atoms with van der Waals surface area (Å²) >= 11 is 0. The summed E-state index contributed by atoms with van der Waals surface area (Å²) < 4.78 is 10.8. The van der Waals surface area contributed by atoms with Crippen molar-refractivity contribution in [1.82, 2.24) is 10.4 Å². The first kappa shape index (κ1) is 15.4. The number of ether oxygens (including phenoxy) is 2. The van der Waals surface area contributed by atoms with E-state index in [1.165, 1.54) is 5.56 Å². The molecule has 5 nitrogen and oxygen atoms in total. The lowest BCUT2D eigenvalue weighted by atomic mass is 9.99. The molecule has 0 saturated heterocycles. The molecule has 0 saturated carbocycles. The summed E-state index contributed by atoms with van der Waals surface area (Å²) in [5.74, 6) is 6.56. The number of hydrogen-bond donors (Lipinski definition) is 2. The van der Waals surface area contributed by atoms with Crippen molar-refractivity contribution in [3.63, 3.8) is 0 Å². The lowest BCUT2D eigenvalue weighted by molar-refractivity contribution is 0.145. The average molecular weight is 287 g/mol. The van der Waals surface area contributed by atoms with Crippen LogP contribution < -0.4 is 16.0 Å². The number of hydrazine groups is 1. The molecule has 0 aliphatic heterocycles. The van der Waals surface area contributed by atoms with E-state index in [1.807, 2.05) is 36.4 Å². The lowest BCUT2D eigenvalue weighted by Crippen LogP contribution is -2.30. The van der Waals surface area contributed by atoms with Crippen molar-refractivity contribution >= 4 is 0 Å². The van der Waals surface area contributed by atoms with Crippen LogP contribution in [0.25, 0.3) is 0 Å². The number of nitrogens with zero attached hydrogens (tertiary/aromatic N) is 1. The zero-order valence-corrected chi connectivity index (χ0v) is 12.2. The van der Waals surface area contributed by atoms with E-state index in [1.54, 1.807) is 19.5 Å². The number of nitrogens with two attached hydrogens (primary N) is 1. The largest absolute Gasteiger partial charge is 0.491 e. The summed E-state index contributed by atoms with van der Waals surface area (Å²) in [5, 5.41) is 0. The van der Waals surface area contributed by atoms with Crippen molar-refractivity contribution in [3.8, 4) is 5.75 Å². The van der Waals surface area contributed by atoms with Crippen molar-refractivity contribution in [2.75, 3.05) is 20.3 Å². The van der Waals surface area contributed by atoms with Gasteiger partial charge in [-0.1, -0.05) is 18.2 Å². The number of aromatic nitrogens is 1. The van der Waals surface area contributed by atoms with Gasteiger partial charge in [-0.3, -0.25) is 16.3 Å². The van der Waals surface area contributed by atoms with E-state index >= 15 is 0 Å². The van der Waals surface area contributed by atoms with Crippen molar-refractivity contribution in [3.05, 3.63) is 59.9 Å². The van der Waals surface area contributed by atoms with Crippen LogP contribution in [-0.2, 0) is 11.2 Å². The lowest BCUT2D eigenvalue weighted by Gasteiger charge is -2.20. The molecule has 1 atom stereocenters. The van der Waals surface area contributed by atoms with E-state index in [0.717, 1.165) is 17.7 Å². The molecule has 1 unspecified atom stereocenters. The minimum absolute atomic E-state index is 0.0221. The van der Waals surface area contributed by atoms with E-state index < -0.39 is 0 Å². The monoisotopic (exact) mass is 287 g/mol. The van der Waals surface area contributed by atoms with Gasteiger partial charge in [-0.2, -0.15) is 0 Å². The van der Waals surface area contributed by atoms with Crippen LogP contribution in [-0.4, -0.2) is 25.3 Å². The van der Waals surface area contributed by atoms with Crippen LogP contribution in [0.3, 0.4) is 0 Å². The maximum atomic E-state index is 5.77. The highest BCUT2D eigenvalue weighted by molar-refractivity contribution is 5.37. The highest BCUT2D eigenvalue weighted by Crippen LogP contribution is 2.27. The van der Waals surface area contributed by atoms with E-state index in [2.05, 4.69) is 10.4 Å². The van der Waals surface area contributed by atoms with Crippen LogP contribution >= 0.6 is 0 Å². The van der Waals surface area contributed by atoms with Crippen LogP contribution in [0.15, 0.2) is 48.8 Å². The van der Waals surface area contributed by atoms with Gasteiger partial charge in [0, 0.05) is 25.1 Å². The summed E-state index contributed by atoms with van der Waals surface area (Å²) in [4.78, 5) is 4.03. The fourth-order valence-corrected chi connectivity index (χ4v) is 2.15. The van der Waals surface area contributed by atoms with Crippen molar-refractivity contribution < 1.29 is 9.47 Å². The number of rotatable bonds is 8.